The number of methoxy groups -OCH3 is 1. The predicted molar refractivity (Wildman–Crippen MR) is 55.4 cm³/mol. The lowest BCUT2D eigenvalue weighted by Gasteiger charge is -2.07. The van der Waals surface area contributed by atoms with Gasteiger partial charge in [-0.3, -0.25) is 0 Å². The second-order valence-corrected chi connectivity index (χ2v) is 3.98. The summed E-state index contributed by atoms with van der Waals surface area (Å²) in [5.74, 6) is -0.445. The first-order valence-corrected chi connectivity index (χ1v) is 4.84. The Hall–Kier alpha value is -1.14. The van der Waals surface area contributed by atoms with Gasteiger partial charge in [-0.2, -0.15) is 0 Å². The van der Waals surface area contributed by atoms with Crippen molar-refractivity contribution in [3.8, 4) is 0 Å². The van der Waals surface area contributed by atoms with Crippen molar-refractivity contribution in [3.63, 3.8) is 0 Å². The Balaban J connectivity index is 2.81. The monoisotopic (exact) mass is 215 g/mol. The maximum atomic E-state index is 11.1. The summed E-state index contributed by atoms with van der Waals surface area (Å²) in [5, 5.41) is 0.819. The lowest BCUT2D eigenvalue weighted by atomic mass is 10.3. The van der Waals surface area contributed by atoms with Crippen LogP contribution in [0.3, 0.4) is 0 Å². The summed E-state index contributed by atoms with van der Waals surface area (Å²) in [6.45, 7) is 0. The van der Waals surface area contributed by atoms with Gasteiger partial charge in [0.2, 0.25) is 0 Å². The highest BCUT2D eigenvalue weighted by molar-refractivity contribution is 7.15. The molecule has 1 rings (SSSR count). The third kappa shape index (κ3) is 2.21. The van der Waals surface area contributed by atoms with E-state index in [4.69, 9.17) is 5.73 Å². The van der Waals surface area contributed by atoms with Crippen molar-refractivity contribution in [2.45, 2.75) is 6.04 Å². The summed E-state index contributed by atoms with van der Waals surface area (Å²) in [5.41, 5.74) is 5.64. The Morgan fingerprint density at radius 3 is 2.79 bits per heavy atom. The first kappa shape index (κ1) is 10.9. The normalized spacial score (nSPS) is 12.3. The van der Waals surface area contributed by atoms with E-state index in [1.165, 1.54) is 18.4 Å². The number of nitrogens with zero attached hydrogens (tertiary/aromatic N) is 2. The second-order valence-electron chi connectivity index (χ2n) is 2.94. The van der Waals surface area contributed by atoms with Crippen molar-refractivity contribution >= 4 is 22.4 Å². The van der Waals surface area contributed by atoms with Crippen LogP contribution in [0.15, 0.2) is 6.20 Å². The zero-order valence-corrected chi connectivity index (χ0v) is 9.17. The molecule has 0 fully saturated rings. The molecule has 6 heteroatoms. The van der Waals surface area contributed by atoms with E-state index in [9.17, 15) is 4.79 Å². The molecule has 0 saturated heterocycles. The van der Waals surface area contributed by atoms with Gasteiger partial charge in [0.05, 0.1) is 12.0 Å². The van der Waals surface area contributed by atoms with Gasteiger partial charge in [-0.15, -0.1) is 0 Å². The molecule has 2 N–H and O–H groups in total. The summed E-state index contributed by atoms with van der Waals surface area (Å²) >= 11 is 1.38. The minimum absolute atomic E-state index is 0.445. The molecule has 1 aromatic heterocycles. The van der Waals surface area contributed by atoms with E-state index in [0.29, 0.717) is 4.88 Å². The number of hydrogen-bond donors (Lipinski definition) is 1. The predicted octanol–water partition coefficient (Wildman–Crippen LogP) is 0.382. The molecule has 0 spiro atoms. The van der Waals surface area contributed by atoms with Gasteiger partial charge in [-0.1, -0.05) is 11.3 Å². The lowest BCUT2D eigenvalue weighted by molar-refractivity contribution is -0.142. The zero-order valence-electron chi connectivity index (χ0n) is 8.35. The second kappa shape index (κ2) is 4.39. The molecule has 0 radical (unpaired) electrons. The molecule has 0 aromatic carbocycles. The Bertz CT molecular complexity index is 324. The van der Waals surface area contributed by atoms with Crippen LogP contribution in [-0.4, -0.2) is 32.2 Å². The Morgan fingerprint density at radius 2 is 2.36 bits per heavy atom. The standard InChI is InChI=1S/C8H13N3O2S/c1-11(2)8-10-4-5(14-8)6(9)7(12)13-3/h4,6H,9H2,1-3H3. The topological polar surface area (TPSA) is 68.5 Å². The van der Waals surface area contributed by atoms with E-state index >= 15 is 0 Å². The molecule has 0 aliphatic rings. The molecule has 78 valence electrons. The van der Waals surface area contributed by atoms with Crippen molar-refractivity contribution in [2.75, 3.05) is 26.1 Å². The number of thiazole rings is 1. The summed E-state index contributed by atoms with van der Waals surface area (Å²) < 4.78 is 4.54. The van der Waals surface area contributed by atoms with Crippen LogP contribution in [-0.2, 0) is 9.53 Å². The van der Waals surface area contributed by atoms with Gasteiger partial charge in [0.25, 0.3) is 0 Å². The molecule has 1 aromatic rings. The number of esters is 1. The Kier molecular flexibility index (Phi) is 3.43. The highest BCUT2D eigenvalue weighted by Gasteiger charge is 2.19. The number of rotatable bonds is 3. The van der Waals surface area contributed by atoms with Gasteiger partial charge in [-0.25, -0.2) is 9.78 Å². The van der Waals surface area contributed by atoms with E-state index in [1.54, 1.807) is 6.20 Å². The molecular formula is C8H13N3O2S. The average molecular weight is 215 g/mol. The smallest absolute Gasteiger partial charge is 0.328 e. The number of ether oxygens (including phenoxy) is 1. The lowest BCUT2D eigenvalue weighted by Crippen LogP contribution is -2.21. The van der Waals surface area contributed by atoms with Crippen molar-refractivity contribution < 1.29 is 9.53 Å². The number of carbonyl (C=O) groups is 1. The molecular weight excluding hydrogens is 202 g/mol. The quantitative estimate of drug-likeness (QED) is 0.738. The van der Waals surface area contributed by atoms with Gasteiger partial charge in [0.1, 0.15) is 6.04 Å². The van der Waals surface area contributed by atoms with Crippen LogP contribution >= 0.6 is 11.3 Å². The summed E-state index contributed by atoms with van der Waals surface area (Å²) in [6.07, 6.45) is 1.60. The van der Waals surface area contributed by atoms with Crippen LogP contribution < -0.4 is 10.6 Å². The largest absolute Gasteiger partial charge is 0.468 e. The summed E-state index contributed by atoms with van der Waals surface area (Å²) in [7, 11) is 5.08. The van der Waals surface area contributed by atoms with Crippen LogP contribution in [0.2, 0.25) is 0 Å². The molecule has 5 nitrogen and oxygen atoms in total. The Morgan fingerprint density at radius 1 is 1.71 bits per heavy atom. The molecule has 1 unspecified atom stereocenters. The van der Waals surface area contributed by atoms with Gasteiger partial charge in [-0.05, 0) is 0 Å². The summed E-state index contributed by atoms with van der Waals surface area (Å²) in [4.78, 5) is 17.8. The number of anilines is 1. The van der Waals surface area contributed by atoms with Crippen LogP contribution in [0.4, 0.5) is 5.13 Å². The molecule has 0 aliphatic carbocycles. The molecule has 0 aliphatic heterocycles. The van der Waals surface area contributed by atoms with Gasteiger partial charge < -0.3 is 15.4 Å². The van der Waals surface area contributed by atoms with Crippen molar-refractivity contribution in [2.24, 2.45) is 5.73 Å². The fourth-order valence-corrected chi connectivity index (χ4v) is 1.70. The minimum Gasteiger partial charge on any atom is -0.468 e. The van der Waals surface area contributed by atoms with Crippen molar-refractivity contribution in [1.82, 2.24) is 4.98 Å². The minimum atomic E-state index is -0.730. The third-order valence-corrected chi connectivity index (χ3v) is 2.90. The molecule has 0 amide bonds. The van der Waals surface area contributed by atoms with Crippen LogP contribution in [0.5, 0.6) is 0 Å². The van der Waals surface area contributed by atoms with Gasteiger partial charge in [0, 0.05) is 20.3 Å². The first-order chi connectivity index (χ1) is 6.56. The zero-order chi connectivity index (χ0) is 10.7. The molecule has 0 saturated carbocycles. The van der Waals surface area contributed by atoms with Crippen LogP contribution in [0.25, 0.3) is 0 Å². The first-order valence-electron chi connectivity index (χ1n) is 4.02. The SMILES string of the molecule is COC(=O)C(N)c1cnc(N(C)C)s1. The van der Waals surface area contributed by atoms with Gasteiger partial charge >= 0.3 is 5.97 Å². The Labute approximate surface area is 86.5 Å². The highest BCUT2D eigenvalue weighted by atomic mass is 32.1. The van der Waals surface area contributed by atoms with Crippen LogP contribution in [0, 0.1) is 0 Å². The fraction of sp³-hybridized carbons (Fsp3) is 0.500. The number of aromatic nitrogens is 1. The fourth-order valence-electron chi connectivity index (χ4n) is 0.871. The van der Waals surface area contributed by atoms with E-state index < -0.39 is 12.0 Å². The number of hydrogen-bond acceptors (Lipinski definition) is 6. The number of nitrogens with two attached hydrogens (primary N) is 1. The third-order valence-electron chi connectivity index (χ3n) is 1.66. The summed E-state index contributed by atoms with van der Waals surface area (Å²) in [6, 6.07) is -0.730. The molecule has 1 heterocycles. The van der Waals surface area contributed by atoms with E-state index in [0.717, 1.165) is 5.13 Å². The molecule has 0 bridgehead atoms. The van der Waals surface area contributed by atoms with E-state index in [1.807, 2.05) is 19.0 Å². The molecule has 1 atom stereocenters. The van der Waals surface area contributed by atoms with Crippen molar-refractivity contribution in [3.05, 3.63) is 11.1 Å². The average Bonchev–Trinajstić information content (AvgIpc) is 2.64. The van der Waals surface area contributed by atoms with Gasteiger partial charge in [0.15, 0.2) is 5.13 Å². The van der Waals surface area contributed by atoms with Crippen LogP contribution in [0.1, 0.15) is 10.9 Å². The maximum Gasteiger partial charge on any atom is 0.328 e. The number of carbonyl (C=O) groups excluding carboxylic acids is 1. The van der Waals surface area contributed by atoms with Crippen molar-refractivity contribution in [1.29, 1.82) is 0 Å². The maximum absolute atomic E-state index is 11.1. The van der Waals surface area contributed by atoms with E-state index in [2.05, 4.69) is 9.72 Å². The van der Waals surface area contributed by atoms with E-state index in [-0.39, 0.29) is 0 Å². The highest BCUT2D eigenvalue weighted by Crippen LogP contribution is 2.25. The molecule has 14 heavy (non-hydrogen) atoms.